The van der Waals surface area contributed by atoms with Crippen molar-refractivity contribution < 1.29 is 4.74 Å². The van der Waals surface area contributed by atoms with Gasteiger partial charge in [-0.05, 0) is 6.92 Å². The number of hydrogen-bond acceptors (Lipinski definition) is 4. The standard InChI is InChI=1S/C6H14N2OS/c1-5(8-7)6-4-10-3-2-9-6/h5-6,8H,2-4,7H2,1H3. The smallest absolute Gasteiger partial charge is 0.0829 e. The quantitative estimate of drug-likeness (QED) is 0.442. The number of hydrazine groups is 1. The molecule has 0 aliphatic carbocycles. The second-order valence-electron chi connectivity index (χ2n) is 2.44. The normalized spacial score (nSPS) is 30.0. The summed E-state index contributed by atoms with van der Waals surface area (Å²) in [6.07, 6.45) is 0.295. The molecule has 0 spiro atoms. The van der Waals surface area contributed by atoms with Crippen LogP contribution in [0.15, 0.2) is 0 Å². The van der Waals surface area contributed by atoms with Crippen molar-refractivity contribution in [3.8, 4) is 0 Å². The van der Waals surface area contributed by atoms with Gasteiger partial charge in [-0.15, -0.1) is 0 Å². The van der Waals surface area contributed by atoms with Crippen molar-refractivity contribution >= 4 is 11.8 Å². The van der Waals surface area contributed by atoms with Crippen LogP contribution < -0.4 is 11.3 Å². The maximum Gasteiger partial charge on any atom is 0.0829 e. The van der Waals surface area contributed by atoms with Gasteiger partial charge in [-0.25, -0.2) is 0 Å². The van der Waals surface area contributed by atoms with Gasteiger partial charge in [0.25, 0.3) is 0 Å². The second kappa shape index (κ2) is 4.18. The number of ether oxygens (including phenoxy) is 1. The molecule has 3 N–H and O–H groups in total. The molecule has 3 nitrogen and oxygen atoms in total. The highest BCUT2D eigenvalue weighted by molar-refractivity contribution is 7.99. The average molecular weight is 162 g/mol. The van der Waals surface area contributed by atoms with Crippen molar-refractivity contribution in [1.29, 1.82) is 0 Å². The number of nitrogens with one attached hydrogen (secondary N) is 1. The second-order valence-corrected chi connectivity index (χ2v) is 3.59. The molecule has 2 unspecified atom stereocenters. The van der Waals surface area contributed by atoms with Crippen LogP contribution >= 0.6 is 11.8 Å². The maximum absolute atomic E-state index is 5.47. The Morgan fingerprint density at radius 1 is 1.80 bits per heavy atom. The molecule has 1 saturated heterocycles. The van der Waals surface area contributed by atoms with Crippen LogP contribution in [0.25, 0.3) is 0 Å². The van der Waals surface area contributed by atoms with Gasteiger partial charge in [0.2, 0.25) is 0 Å². The van der Waals surface area contributed by atoms with E-state index in [2.05, 4.69) is 5.43 Å². The van der Waals surface area contributed by atoms with E-state index in [9.17, 15) is 0 Å². The first-order valence-corrected chi connectivity index (χ1v) is 4.65. The molecule has 0 aromatic carbocycles. The summed E-state index contributed by atoms with van der Waals surface area (Å²) >= 11 is 1.93. The van der Waals surface area contributed by atoms with E-state index in [1.54, 1.807) is 0 Å². The van der Waals surface area contributed by atoms with E-state index in [-0.39, 0.29) is 6.04 Å². The van der Waals surface area contributed by atoms with Crippen LogP contribution in [-0.4, -0.2) is 30.3 Å². The zero-order chi connectivity index (χ0) is 7.40. The maximum atomic E-state index is 5.47. The van der Waals surface area contributed by atoms with Gasteiger partial charge in [-0.3, -0.25) is 11.3 Å². The lowest BCUT2D eigenvalue weighted by atomic mass is 10.2. The highest BCUT2D eigenvalue weighted by Crippen LogP contribution is 2.14. The van der Waals surface area contributed by atoms with Gasteiger partial charge in [0.1, 0.15) is 0 Å². The monoisotopic (exact) mass is 162 g/mol. The lowest BCUT2D eigenvalue weighted by Crippen LogP contribution is -2.45. The summed E-state index contributed by atoms with van der Waals surface area (Å²) in [5.41, 5.74) is 2.70. The van der Waals surface area contributed by atoms with Crippen molar-refractivity contribution in [3.05, 3.63) is 0 Å². The number of hydrogen-bond donors (Lipinski definition) is 2. The molecule has 4 heteroatoms. The van der Waals surface area contributed by atoms with Crippen LogP contribution in [-0.2, 0) is 4.74 Å². The van der Waals surface area contributed by atoms with E-state index in [1.165, 1.54) is 0 Å². The molecule has 0 saturated carbocycles. The Kier molecular flexibility index (Phi) is 3.48. The van der Waals surface area contributed by atoms with E-state index in [0.717, 1.165) is 18.1 Å². The number of thioether (sulfide) groups is 1. The highest BCUT2D eigenvalue weighted by Gasteiger charge is 2.19. The number of nitrogens with two attached hydrogens (primary N) is 1. The van der Waals surface area contributed by atoms with Gasteiger partial charge < -0.3 is 4.74 Å². The third-order valence-corrected chi connectivity index (χ3v) is 2.68. The Morgan fingerprint density at radius 2 is 2.60 bits per heavy atom. The molecule has 0 radical (unpaired) electrons. The molecule has 0 aromatic rings. The Labute approximate surface area is 65.7 Å². The summed E-state index contributed by atoms with van der Waals surface area (Å²) in [5.74, 6) is 7.44. The molecular formula is C6H14N2OS. The molecule has 10 heavy (non-hydrogen) atoms. The van der Waals surface area contributed by atoms with E-state index in [0.29, 0.717) is 6.10 Å². The zero-order valence-electron chi connectivity index (χ0n) is 6.17. The zero-order valence-corrected chi connectivity index (χ0v) is 6.99. The molecule has 60 valence electrons. The minimum atomic E-state index is 0.271. The molecule has 1 rings (SSSR count). The van der Waals surface area contributed by atoms with E-state index in [4.69, 9.17) is 10.6 Å². The van der Waals surface area contributed by atoms with Crippen molar-refractivity contribution in [1.82, 2.24) is 5.43 Å². The Hall–Kier alpha value is 0.230. The first-order valence-electron chi connectivity index (χ1n) is 3.50. The largest absolute Gasteiger partial charge is 0.375 e. The fraction of sp³-hybridized carbons (Fsp3) is 1.00. The minimum Gasteiger partial charge on any atom is -0.375 e. The van der Waals surface area contributed by atoms with Gasteiger partial charge in [0, 0.05) is 17.5 Å². The summed E-state index contributed by atoms with van der Waals surface area (Å²) in [7, 11) is 0. The van der Waals surface area contributed by atoms with Crippen LogP contribution in [0.4, 0.5) is 0 Å². The van der Waals surface area contributed by atoms with E-state index >= 15 is 0 Å². The van der Waals surface area contributed by atoms with Crippen LogP contribution in [0.5, 0.6) is 0 Å². The molecule has 0 amide bonds. The SMILES string of the molecule is CC(NN)C1CSCCO1. The summed E-state index contributed by atoms with van der Waals surface area (Å²) in [5, 5.41) is 0. The van der Waals surface area contributed by atoms with Gasteiger partial charge >= 0.3 is 0 Å². The van der Waals surface area contributed by atoms with Crippen molar-refractivity contribution in [2.75, 3.05) is 18.1 Å². The lowest BCUT2D eigenvalue weighted by molar-refractivity contribution is 0.0519. The van der Waals surface area contributed by atoms with Gasteiger partial charge in [0.05, 0.1) is 12.7 Å². The highest BCUT2D eigenvalue weighted by atomic mass is 32.2. The Bertz CT molecular complexity index is 95.7. The van der Waals surface area contributed by atoms with Crippen molar-refractivity contribution in [2.45, 2.75) is 19.1 Å². The predicted octanol–water partition coefficient (Wildman–Crippen LogP) is -0.0298. The van der Waals surface area contributed by atoms with E-state index < -0.39 is 0 Å². The Balaban J connectivity index is 2.24. The summed E-state index contributed by atoms with van der Waals surface area (Å²) in [6.45, 7) is 2.90. The number of rotatable bonds is 2. The molecule has 1 fully saturated rings. The average Bonchev–Trinajstić information content (AvgIpc) is 2.05. The molecule has 1 heterocycles. The summed E-state index contributed by atoms with van der Waals surface area (Å²) < 4.78 is 5.47. The third-order valence-electron chi connectivity index (χ3n) is 1.66. The van der Waals surface area contributed by atoms with Crippen LogP contribution in [0, 0.1) is 0 Å². The third kappa shape index (κ3) is 2.12. The topological polar surface area (TPSA) is 47.3 Å². The summed E-state index contributed by atoms with van der Waals surface area (Å²) in [4.78, 5) is 0. The first kappa shape index (κ1) is 8.33. The first-order chi connectivity index (χ1) is 4.84. The molecule has 2 atom stereocenters. The van der Waals surface area contributed by atoms with E-state index in [1.807, 2.05) is 18.7 Å². The fourth-order valence-corrected chi connectivity index (χ4v) is 1.90. The lowest BCUT2D eigenvalue weighted by Gasteiger charge is -2.26. The summed E-state index contributed by atoms with van der Waals surface area (Å²) in [6, 6.07) is 0.271. The van der Waals surface area contributed by atoms with Gasteiger partial charge in [-0.1, -0.05) is 0 Å². The molecule has 0 aromatic heterocycles. The molecular weight excluding hydrogens is 148 g/mol. The van der Waals surface area contributed by atoms with Gasteiger partial charge in [0.15, 0.2) is 0 Å². The fourth-order valence-electron chi connectivity index (χ4n) is 0.902. The Morgan fingerprint density at radius 3 is 3.10 bits per heavy atom. The predicted molar refractivity (Wildman–Crippen MR) is 43.9 cm³/mol. The van der Waals surface area contributed by atoms with Crippen LogP contribution in [0.2, 0.25) is 0 Å². The molecule has 1 aliphatic rings. The van der Waals surface area contributed by atoms with Crippen molar-refractivity contribution in [2.24, 2.45) is 5.84 Å². The van der Waals surface area contributed by atoms with Gasteiger partial charge in [-0.2, -0.15) is 11.8 Å². The van der Waals surface area contributed by atoms with Crippen LogP contribution in [0.3, 0.4) is 0 Å². The van der Waals surface area contributed by atoms with Crippen molar-refractivity contribution in [3.63, 3.8) is 0 Å². The molecule has 1 aliphatic heterocycles. The van der Waals surface area contributed by atoms with Crippen LogP contribution in [0.1, 0.15) is 6.92 Å². The molecule has 0 bridgehead atoms. The minimum absolute atomic E-state index is 0.271.